The van der Waals surface area contributed by atoms with Crippen LogP contribution in [0.25, 0.3) is 11.1 Å². The lowest BCUT2D eigenvalue weighted by molar-refractivity contribution is 0.358. The molecule has 0 saturated carbocycles. The summed E-state index contributed by atoms with van der Waals surface area (Å²) < 4.78 is 11.3. The second-order valence-corrected chi connectivity index (χ2v) is 5.20. The van der Waals surface area contributed by atoms with Crippen LogP contribution >= 0.6 is 0 Å². The summed E-state index contributed by atoms with van der Waals surface area (Å²) in [6.07, 6.45) is 1.00. The topological polar surface area (TPSA) is 30.5 Å². The van der Waals surface area contributed by atoms with E-state index in [9.17, 15) is 0 Å². The summed E-state index contributed by atoms with van der Waals surface area (Å²) in [7, 11) is 1.72. The summed E-state index contributed by atoms with van der Waals surface area (Å²) >= 11 is 0. The van der Waals surface area contributed by atoms with Crippen molar-refractivity contribution in [1.82, 2.24) is 5.32 Å². The molecule has 0 saturated heterocycles. The van der Waals surface area contributed by atoms with Crippen LogP contribution < -0.4 is 14.8 Å². The molecule has 0 bridgehead atoms. The monoisotopic (exact) mass is 283 g/mol. The third-order valence-electron chi connectivity index (χ3n) is 3.87. The quantitative estimate of drug-likeness (QED) is 0.912. The SMILES string of the molecule is CCNCc1cc(-c2cccc3c2OCC3)ccc1OC. The molecule has 2 aromatic carbocycles. The highest BCUT2D eigenvalue weighted by atomic mass is 16.5. The number of rotatable bonds is 5. The highest BCUT2D eigenvalue weighted by Crippen LogP contribution is 2.38. The Hall–Kier alpha value is -2.00. The fourth-order valence-corrected chi connectivity index (χ4v) is 2.79. The van der Waals surface area contributed by atoms with E-state index in [2.05, 4.69) is 42.6 Å². The van der Waals surface area contributed by atoms with E-state index in [1.54, 1.807) is 7.11 Å². The molecule has 3 heteroatoms. The van der Waals surface area contributed by atoms with Gasteiger partial charge in [-0.3, -0.25) is 0 Å². The number of methoxy groups -OCH3 is 1. The Kier molecular flexibility index (Phi) is 4.11. The molecular formula is C18H21NO2. The molecule has 1 N–H and O–H groups in total. The lowest BCUT2D eigenvalue weighted by atomic mass is 9.99. The second kappa shape index (κ2) is 6.19. The zero-order chi connectivity index (χ0) is 14.7. The van der Waals surface area contributed by atoms with E-state index < -0.39 is 0 Å². The molecule has 0 amide bonds. The van der Waals surface area contributed by atoms with Crippen molar-refractivity contribution in [2.75, 3.05) is 20.3 Å². The first kappa shape index (κ1) is 14.0. The molecule has 0 aliphatic carbocycles. The Morgan fingerprint density at radius 1 is 1.24 bits per heavy atom. The van der Waals surface area contributed by atoms with Gasteiger partial charge in [0, 0.05) is 24.1 Å². The molecule has 0 fully saturated rings. The van der Waals surface area contributed by atoms with Crippen LogP contribution in [0.4, 0.5) is 0 Å². The van der Waals surface area contributed by atoms with Crippen LogP contribution in [0.15, 0.2) is 36.4 Å². The van der Waals surface area contributed by atoms with Crippen molar-refractivity contribution >= 4 is 0 Å². The third-order valence-corrected chi connectivity index (χ3v) is 3.87. The lowest BCUT2D eigenvalue weighted by Crippen LogP contribution is -2.12. The van der Waals surface area contributed by atoms with E-state index in [-0.39, 0.29) is 0 Å². The van der Waals surface area contributed by atoms with Crippen molar-refractivity contribution in [2.45, 2.75) is 19.9 Å². The maximum atomic E-state index is 5.81. The maximum absolute atomic E-state index is 5.81. The van der Waals surface area contributed by atoms with Crippen LogP contribution in [-0.2, 0) is 13.0 Å². The molecule has 0 radical (unpaired) electrons. The standard InChI is InChI=1S/C18H21NO2/c1-3-19-12-15-11-14(7-8-17(15)20-2)16-6-4-5-13-9-10-21-18(13)16/h4-8,11,19H,3,9-10,12H2,1-2H3. The Balaban J connectivity index is 2.01. The van der Waals surface area contributed by atoms with E-state index in [1.165, 1.54) is 22.3 Å². The summed E-state index contributed by atoms with van der Waals surface area (Å²) in [4.78, 5) is 0. The van der Waals surface area contributed by atoms with Gasteiger partial charge in [-0.25, -0.2) is 0 Å². The zero-order valence-electron chi connectivity index (χ0n) is 12.6. The molecule has 1 aliphatic rings. The van der Waals surface area contributed by atoms with Gasteiger partial charge in [0.05, 0.1) is 13.7 Å². The van der Waals surface area contributed by atoms with Gasteiger partial charge in [0.15, 0.2) is 0 Å². The van der Waals surface area contributed by atoms with Crippen LogP contribution in [0.5, 0.6) is 11.5 Å². The van der Waals surface area contributed by atoms with E-state index in [4.69, 9.17) is 9.47 Å². The van der Waals surface area contributed by atoms with Crippen molar-refractivity contribution < 1.29 is 9.47 Å². The van der Waals surface area contributed by atoms with Crippen molar-refractivity contribution in [2.24, 2.45) is 0 Å². The lowest BCUT2D eigenvalue weighted by Gasteiger charge is -2.13. The van der Waals surface area contributed by atoms with Gasteiger partial charge in [-0.15, -0.1) is 0 Å². The Morgan fingerprint density at radius 2 is 2.14 bits per heavy atom. The van der Waals surface area contributed by atoms with Gasteiger partial charge in [-0.05, 0) is 29.8 Å². The van der Waals surface area contributed by atoms with E-state index in [1.807, 2.05) is 6.07 Å². The van der Waals surface area contributed by atoms with Gasteiger partial charge < -0.3 is 14.8 Å². The Bertz CT molecular complexity index is 637. The minimum atomic E-state index is 0.784. The number of para-hydroxylation sites is 1. The van der Waals surface area contributed by atoms with Crippen LogP contribution in [0.1, 0.15) is 18.1 Å². The largest absolute Gasteiger partial charge is 0.496 e. The summed E-state index contributed by atoms with van der Waals surface area (Å²) in [6.45, 7) is 4.64. The average Bonchev–Trinajstić information content (AvgIpc) is 3.01. The summed E-state index contributed by atoms with van der Waals surface area (Å²) in [5.74, 6) is 1.96. The first-order valence-corrected chi connectivity index (χ1v) is 7.46. The average molecular weight is 283 g/mol. The predicted octanol–water partition coefficient (Wildman–Crippen LogP) is 3.41. The molecule has 110 valence electrons. The molecule has 21 heavy (non-hydrogen) atoms. The first-order valence-electron chi connectivity index (χ1n) is 7.46. The normalized spacial score (nSPS) is 12.9. The second-order valence-electron chi connectivity index (χ2n) is 5.20. The highest BCUT2D eigenvalue weighted by Gasteiger charge is 2.17. The minimum Gasteiger partial charge on any atom is -0.496 e. The van der Waals surface area contributed by atoms with Gasteiger partial charge in [-0.1, -0.05) is 31.2 Å². The molecule has 2 aromatic rings. The van der Waals surface area contributed by atoms with Crippen molar-refractivity contribution in [1.29, 1.82) is 0 Å². The molecule has 1 aliphatic heterocycles. The maximum Gasteiger partial charge on any atom is 0.130 e. The Labute approximate surface area is 125 Å². The van der Waals surface area contributed by atoms with Crippen molar-refractivity contribution in [3.63, 3.8) is 0 Å². The molecule has 1 heterocycles. The fraction of sp³-hybridized carbons (Fsp3) is 0.333. The van der Waals surface area contributed by atoms with Crippen LogP contribution in [0, 0.1) is 0 Å². The molecular weight excluding hydrogens is 262 g/mol. The van der Waals surface area contributed by atoms with E-state index >= 15 is 0 Å². The number of ether oxygens (including phenoxy) is 2. The molecule has 0 atom stereocenters. The molecule has 3 nitrogen and oxygen atoms in total. The van der Waals surface area contributed by atoms with Crippen molar-refractivity contribution in [3.8, 4) is 22.6 Å². The van der Waals surface area contributed by atoms with Gasteiger partial charge in [-0.2, -0.15) is 0 Å². The van der Waals surface area contributed by atoms with Crippen LogP contribution in [-0.4, -0.2) is 20.3 Å². The molecule has 3 rings (SSSR count). The highest BCUT2D eigenvalue weighted by molar-refractivity contribution is 5.74. The number of fused-ring (bicyclic) bond motifs is 1. The number of hydrogen-bond donors (Lipinski definition) is 1. The zero-order valence-corrected chi connectivity index (χ0v) is 12.6. The van der Waals surface area contributed by atoms with Crippen LogP contribution in [0.3, 0.4) is 0 Å². The molecule has 0 aromatic heterocycles. The van der Waals surface area contributed by atoms with Gasteiger partial charge in [0.2, 0.25) is 0 Å². The fourth-order valence-electron chi connectivity index (χ4n) is 2.79. The van der Waals surface area contributed by atoms with Gasteiger partial charge in [0.25, 0.3) is 0 Å². The summed E-state index contributed by atoms with van der Waals surface area (Å²) in [5.41, 5.74) is 4.83. The third kappa shape index (κ3) is 2.74. The van der Waals surface area contributed by atoms with Gasteiger partial charge in [0.1, 0.15) is 11.5 Å². The number of hydrogen-bond acceptors (Lipinski definition) is 3. The minimum absolute atomic E-state index is 0.784. The first-order chi connectivity index (χ1) is 10.3. The van der Waals surface area contributed by atoms with E-state index in [0.29, 0.717) is 0 Å². The summed E-state index contributed by atoms with van der Waals surface area (Å²) in [6, 6.07) is 12.7. The van der Waals surface area contributed by atoms with Gasteiger partial charge >= 0.3 is 0 Å². The summed E-state index contributed by atoms with van der Waals surface area (Å²) in [5, 5.41) is 3.36. The van der Waals surface area contributed by atoms with E-state index in [0.717, 1.165) is 37.6 Å². The van der Waals surface area contributed by atoms with Crippen molar-refractivity contribution in [3.05, 3.63) is 47.5 Å². The molecule has 0 spiro atoms. The smallest absolute Gasteiger partial charge is 0.130 e. The molecule has 0 unspecified atom stereocenters. The Morgan fingerprint density at radius 3 is 2.95 bits per heavy atom. The van der Waals surface area contributed by atoms with Crippen LogP contribution in [0.2, 0.25) is 0 Å². The number of nitrogens with one attached hydrogen (secondary N) is 1. The number of benzene rings is 2. The predicted molar refractivity (Wildman–Crippen MR) is 85.0 cm³/mol.